The van der Waals surface area contributed by atoms with Gasteiger partial charge < -0.3 is 15.1 Å². The smallest absolute Gasteiger partial charge is 0.255 e. The van der Waals surface area contributed by atoms with E-state index in [1.54, 1.807) is 35.0 Å². The number of amides is 2. The second-order valence-corrected chi connectivity index (χ2v) is 7.61. The normalized spacial score (nSPS) is 13.3. The van der Waals surface area contributed by atoms with E-state index in [0.717, 1.165) is 18.5 Å². The number of nitrogens with zero attached hydrogens (tertiary/aromatic N) is 2. The highest BCUT2D eigenvalue weighted by molar-refractivity contribution is 6.35. The van der Waals surface area contributed by atoms with Gasteiger partial charge >= 0.3 is 0 Å². The Morgan fingerprint density at radius 3 is 2.72 bits per heavy atom. The van der Waals surface area contributed by atoms with Crippen LogP contribution in [0.25, 0.3) is 5.69 Å². The highest BCUT2D eigenvalue weighted by atomic mass is 35.5. The SMILES string of the molecule is O=C(CNC(=O)c1cnn(-c2ccc(Cl)cc2Cl)c1C1CC1)NCc1ccco1. The van der Waals surface area contributed by atoms with Gasteiger partial charge in [0.15, 0.2) is 0 Å². The number of benzene rings is 1. The minimum absolute atomic E-state index is 0.142. The summed E-state index contributed by atoms with van der Waals surface area (Å²) in [5.41, 5.74) is 1.90. The molecule has 9 heteroatoms. The summed E-state index contributed by atoms with van der Waals surface area (Å²) in [6.07, 6.45) is 4.99. The van der Waals surface area contributed by atoms with E-state index in [9.17, 15) is 9.59 Å². The third kappa shape index (κ3) is 4.46. The third-order valence-electron chi connectivity index (χ3n) is 4.60. The highest BCUT2D eigenvalue weighted by Crippen LogP contribution is 2.43. The molecular formula is C20H18Cl2N4O3. The number of furan rings is 1. The molecule has 150 valence electrons. The first-order valence-electron chi connectivity index (χ1n) is 9.13. The quantitative estimate of drug-likeness (QED) is 0.595. The van der Waals surface area contributed by atoms with Crippen LogP contribution >= 0.6 is 23.2 Å². The van der Waals surface area contributed by atoms with Gasteiger partial charge in [-0.1, -0.05) is 23.2 Å². The van der Waals surface area contributed by atoms with Crippen LogP contribution in [-0.4, -0.2) is 28.1 Å². The Hall–Kier alpha value is -2.77. The molecule has 7 nitrogen and oxygen atoms in total. The summed E-state index contributed by atoms with van der Waals surface area (Å²) in [6.45, 7) is 0.124. The summed E-state index contributed by atoms with van der Waals surface area (Å²) in [4.78, 5) is 24.7. The third-order valence-corrected chi connectivity index (χ3v) is 5.14. The molecule has 0 aliphatic heterocycles. The minimum Gasteiger partial charge on any atom is -0.467 e. The van der Waals surface area contributed by atoms with Gasteiger partial charge in [-0.2, -0.15) is 5.10 Å². The van der Waals surface area contributed by atoms with Gasteiger partial charge in [0, 0.05) is 10.9 Å². The number of aromatic nitrogens is 2. The zero-order valence-corrected chi connectivity index (χ0v) is 16.8. The molecule has 0 atom stereocenters. The Kier molecular flexibility index (Phi) is 5.60. The summed E-state index contributed by atoms with van der Waals surface area (Å²) in [5, 5.41) is 10.7. The molecule has 1 aromatic carbocycles. The number of hydrogen-bond acceptors (Lipinski definition) is 4. The van der Waals surface area contributed by atoms with Crippen LogP contribution in [0.3, 0.4) is 0 Å². The van der Waals surface area contributed by atoms with E-state index >= 15 is 0 Å². The van der Waals surface area contributed by atoms with Crippen molar-refractivity contribution in [2.24, 2.45) is 0 Å². The molecule has 4 rings (SSSR count). The number of hydrogen-bond donors (Lipinski definition) is 2. The van der Waals surface area contributed by atoms with Gasteiger partial charge in [0.25, 0.3) is 5.91 Å². The Balaban J connectivity index is 1.46. The molecule has 1 aliphatic rings. The fourth-order valence-corrected chi connectivity index (χ4v) is 3.53. The van der Waals surface area contributed by atoms with Crippen molar-refractivity contribution in [2.45, 2.75) is 25.3 Å². The topological polar surface area (TPSA) is 89.2 Å². The van der Waals surface area contributed by atoms with Crippen molar-refractivity contribution in [3.63, 3.8) is 0 Å². The van der Waals surface area contributed by atoms with Crippen LogP contribution in [0.4, 0.5) is 0 Å². The maximum atomic E-state index is 12.7. The lowest BCUT2D eigenvalue weighted by atomic mass is 10.1. The Morgan fingerprint density at radius 2 is 2.03 bits per heavy atom. The first-order chi connectivity index (χ1) is 14.0. The van der Waals surface area contributed by atoms with E-state index in [-0.39, 0.29) is 30.8 Å². The van der Waals surface area contributed by atoms with Crippen LogP contribution < -0.4 is 10.6 Å². The van der Waals surface area contributed by atoms with Crippen LogP contribution in [-0.2, 0) is 11.3 Å². The van der Waals surface area contributed by atoms with Crippen molar-refractivity contribution in [3.05, 3.63) is 69.9 Å². The lowest BCUT2D eigenvalue weighted by molar-refractivity contribution is -0.120. The van der Waals surface area contributed by atoms with Crippen molar-refractivity contribution in [1.29, 1.82) is 0 Å². The number of carbonyl (C=O) groups is 2. The van der Waals surface area contributed by atoms with Crippen molar-refractivity contribution < 1.29 is 14.0 Å². The van der Waals surface area contributed by atoms with Gasteiger partial charge in [-0.3, -0.25) is 9.59 Å². The molecule has 1 saturated carbocycles. The molecule has 2 aromatic heterocycles. The molecule has 0 unspecified atom stereocenters. The molecular weight excluding hydrogens is 415 g/mol. The van der Waals surface area contributed by atoms with Crippen molar-refractivity contribution >= 4 is 35.0 Å². The molecule has 0 radical (unpaired) electrons. The van der Waals surface area contributed by atoms with E-state index in [2.05, 4.69) is 15.7 Å². The van der Waals surface area contributed by atoms with Crippen molar-refractivity contribution in [3.8, 4) is 5.69 Å². The zero-order chi connectivity index (χ0) is 20.4. The van der Waals surface area contributed by atoms with Gasteiger partial charge in [0.1, 0.15) is 5.76 Å². The first-order valence-corrected chi connectivity index (χ1v) is 9.89. The van der Waals surface area contributed by atoms with Crippen LogP contribution in [0.15, 0.2) is 47.2 Å². The second kappa shape index (κ2) is 8.31. The number of carbonyl (C=O) groups excluding carboxylic acids is 2. The van der Waals surface area contributed by atoms with Gasteiger partial charge in [-0.25, -0.2) is 4.68 Å². The molecule has 0 saturated heterocycles. The lowest BCUT2D eigenvalue weighted by Gasteiger charge is -2.11. The summed E-state index contributed by atoms with van der Waals surface area (Å²) in [6, 6.07) is 8.64. The molecule has 1 fully saturated rings. The van der Waals surface area contributed by atoms with Gasteiger partial charge in [0.05, 0.1) is 47.5 Å². The maximum Gasteiger partial charge on any atom is 0.255 e. The van der Waals surface area contributed by atoms with Crippen molar-refractivity contribution in [1.82, 2.24) is 20.4 Å². The molecule has 0 bridgehead atoms. The van der Waals surface area contributed by atoms with E-state index in [4.69, 9.17) is 27.6 Å². The summed E-state index contributed by atoms with van der Waals surface area (Å²) in [5.74, 6) is 0.215. The van der Waals surface area contributed by atoms with E-state index < -0.39 is 0 Å². The zero-order valence-electron chi connectivity index (χ0n) is 15.3. The summed E-state index contributed by atoms with van der Waals surface area (Å²) in [7, 11) is 0. The monoisotopic (exact) mass is 432 g/mol. The predicted octanol–water partition coefficient (Wildman–Crippen LogP) is 3.70. The number of nitrogens with one attached hydrogen (secondary N) is 2. The van der Waals surface area contributed by atoms with Crippen LogP contribution in [0.1, 0.15) is 40.6 Å². The number of halogens is 2. The molecule has 1 aliphatic carbocycles. The van der Waals surface area contributed by atoms with Crippen molar-refractivity contribution in [2.75, 3.05) is 6.54 Å². The Bertz CT molecular complexity index is 1040. The highest BCUT2D eigenvalue weighted by Gasteiger charge is 2.33. The molecule has 2 heterocycles. The molecule has 0 spiro atoms. The van der Waals surface area contributed by atoms with E-state index in [0.29, 0.717) is 27.1 Å². The average molecular weight is 433 g/mol. The molecule has 3 aromatic rings. The standard InChI is InChI=1S/C20H18Cl2N4O3/c21-13-5-6-17(16(22)8-13)26-19(12-3-4-12)15(10-25-26)20(28)24-11-18(27)23-9-14-2-1-7-29-14/h1-2,5-8,10,12H,3-4,9,11H2,(H,23,27)(H,24,28). The maximum absolute atomic E-state index is 12.7. The predicted molar refractivity (Wildman–Crippen MR) is 108 cm³/mol. The van der Waals surface area contributed by atoms with E-state index in [1.165, 1.54) is 12.5 Å². The lowest BCUT2D eigenvalue weighted by Crippen LogP contribution is -2.36. The summed E-state index contributed by atoms with van der Waals surface area (Å²) >= 11 is 12.3. The first kappa shape index (κ1) is 19.5. The Morgan fingerprint density at radius 1 is 1.21 bits per heavy atom. The van der Waals surface area contributed by atoms with Gasteiger partial charge in [-0.15, -0.1) is 0 Å². The molecule has 2 amide bonds. The van der Waals surface area contributed by atoms with Crippen LogP contribution in [0, 0.1) is 0 Å². The molecule has 2 N–H and O–H groups in total. The van der Waals surface area contributed by atoms with E-state index in [1.807, 2.05) is 0 Å². The van der Waals surface area contributed by atoms with Crippen LogP contribution in [0.2, 0.25) is 10.0 Å². The Labute approximate surface area is 177 Å². The summed E-state index contributed by atoms with van der Waals surface area (Å²) < 4.78 is 6.84. The largest absolute Gasteiger partial charge is 0.467 e. The van der Waals surface area contributed by atoms with Crippen LogP contribution in [0.5, 0.6) is 0 Å². The fraction of sp³-hybridized carbons (Fsp3) is 0.250. The average Bonchev–Trinajstić information content (AvgIpc) is 3.22. The molecule has 29 heavy (non-hydrogen) atoms. The van der Waals surface area contributed by atoms with Gasteiger partial charge in [-0.05, 0) is 43.2 Å². The second-order valence-electron chi connectivity index (χ2n) is 6.76. The van der Waals surface area contributed by atoms with Gasteiger partial charge in [0.2, 0.25) is 5.91 Å². The number of rotatable bonds is 7. The fourth-order valence-electron chi connectivity index (χ4n) is 3.04. The minimum atomic E-state index is -0.351.